The van der Waals surface area contributed by atoms with Gasteiger partial charge in [-0.3, -0.25) is 9.69 Å². The van der Waals surface area contributed by atoms with Crippen LogP contribution in [-0.2, 0) is 6.54 Å². The number of fused-ring (bicyclic) bond motifs is 1. The lowest BCUT2D eigenvalue weighted by atomic mass is 10.1. The summed E-state index contributed by atoms with van der Waals surface area (Å²) in [5.74, 6) is 0.778. The second-order valence-corrected chi connectivity index (χ2v) is 7.05. The summed E-state index contributed by atoms with van der Waals surface area (Å²) in [5.41, 5.74) is 0.769. The Labute approximate surface area is 117 Å². The first-order chi connectivity index (χ1) is 8.72. The molecule has 0 aromatic carbocycles. The summed E-state index contributed by atoms with van der Waals surface area (Å²) < 4.78 is 1.65. The minimum absolute atomic E-state index is 0.0253. The highest BCUT2D eigenvalue weighted by Crippen LogP contribution is 2.25. The number of nitrogens with zero attached hydrogens (tertiary/aromatic N) is 2. The molecule has 3 rings (SSSR count). The average molecular weight is 328 g/mol. The van der Waals surface area contributed by atoms with Crippen LogP contribution in [0.5, 0.6) is 0 Å². The number of nitrogens with one attached hydrogen (secondary N) is 1. The van der Waals surface area contributed by atoms with E-state index in [1.54, 1.807) is 0 Å². The molecule has 4 nitrogen and oxygen atoms in total. The van der Waals surface area contributed by atoms with Crippen molar-refractivity contribution in [1.29, 1.82) is 0 Å². The van der Waals surface area contributed by atoms with Crippen molar-refractivity contribution in [3.05, 3.63) is 26.0 Å². The van der Waals surface area contributed by atoms with Crippen molar-refractivity contribution >= 4 is 37.5 Å². The van der Waals surface area contributed by atoms with Gasteiger partial charge < -0.3 is 4.98 Å². The quantitative estimate of drug-likeness (QED) is 0.922. The molecule has 0 saturated carbocycles. The lowest BCUT2D eigenvalue weighted by Crippen LogP contribution is -2.30. The summed E-state index contributed by atoms with van der Waals surface area (Å²) in [6.07, 6.45) is 3.81. The molecule has 2 aromatic rings. The van der Waals surface area contributed by atoms with Gasteiger partial charge >= 0.3 is 0 Å². The first kappa shape index (κ1) is 12.3. The van der Waals surface area contributed by atoms with Crippen molar-refractivity contribution in [2.24, 2.45) is 0 Å². The van der Waals surface area contributed by atoms with E-state index in [1.807, 2.05) is 6.07 Å². The van der Waals surface area contributed by atoms with Crippen LogP contribution in [0, 0.1) is 0 Å². The van der Waals surface area contributed by atoms with Gasteiger partial charge in [0.25, 0.3) is 5.56 Å². The molecule has 0 bridgehead atoms. The van der Waals surface area contributed by atoms with Crippen molar-refractivity contribution in [1.82, 2.24) is 14.9 Å². The van der Waals surface area contributed by atoms with E-state index in [0.29, 0.717) is 4.70 Å². The summed E-state index contributed by atoms with van der Waals surface area (Å²) in [7, 11) is 0. The average Bonchev–Trinajstić information content (AvgIpc) is 2.72. The summed E-state index contributed by atoms with van der Waals surface area (Å²) in [5, 5.41) is 0. The minimum Gasteiger partial charge on any atom is -0.308 e. The fourth-order valence-electron chi connectivity index (χ4n) is 2.36. The lowest BCUT2D eigenvalue weighted by Gasteiger charge is -2.25. The second-order valence-electron chi connectivity index (χ2n) is 4.61. The van der Waals surface area contributed by atoms with E-state index in [1.165, 1.54) is 30.6 Å². The minimum atomic E-state index is -0.0253. The lowest BCUT2D eigenvalue weighted by molar-refractivity contribution is 0.216. The van der Waals surface area contributed by atoms with Crippen molar-refractivity contribution < 1.29 is 0 Å². The fourth-order valence-corrected chi connectivity index (χ4v) is 3.78. The SMILES string of the molecule is O=c1[nH]c(CN2CCCCC2)nc2cc(Br)sc12. The number of thiophene rings is 1. The monoisotopic (exact) mass is 327 g/mol. The Balaban J connectivity index is 1.89. The molecule has 18 heavy (non-hydrogen) atoms. The Bertz CT molecular complexity index is 615. The highest BCUT2D eigenvalue weighted by Gasteiger charge is 2.13. The largest absolute Gasteiger partial charge is 0.308 e. The number of rotatable bonds is 2. The first-order valence-electron chi connectivity index (χ1n) is 6.13. The van der Waals surface area contributed by atoms with Gasteiger partial charge in [-0.05, 0) is 47.9 Å². The number of hydrogen-bond donors (Lipinski definition) is 1. The van der Waals surface area contributed by atoms with Gasteiger partial charge in [-0.25, -0.2) is 4.98 Å². The molecule has 1 saturated heterocycles. The van der Waals surface area contributed by atoms with Crippen molar-refractivity contribution in [2.45, 2.75) is 25.8 Å². The maximum Gasteiger partial charge on any atom is 0.268 e. The summed E-state index contributed by atoms with van der Waals surface area (Å²) in [6.45, 7) is 2.96. The molecule has 2 aromatic heterocycles. The van der Waals surface area contributed by atoms with E-state index >= 15 is 0 Å². The predicted octanol–water partition coefficient (Wildman–Crippen LogP) is 2.73. The summed E-state index contributed by atoms with van der Waals surface area (Å²) >= 11 is 4.83. The molecule has 0 radical (unpaired) electrons. The molecule has 0 aliphatic carbocycles. The Morgan fingerprint density at radius 1 is 1.39 bits per heavy atom. The zero-order valence-corrected chi connectivity index (χ0v) is 12.3. The Morgan fingerprint density at radius 2 is 2.17 bits per heavy atom. The van der Waals surface area contributed by atoms with E-state index in [-0.39, 0.29) is 5.56 Å². The third kappa shape index (κ3) is 2.50. The van der Waals surface area contributed by atoms with E-state index in [9.17, 15) is 4.79 Å². The van der Waals surface area contributed by atoms with Crippen molar-refractivity contribution in [3.63, 3.8) is 0 Å². The Morgan fingerprint density at radius 3 is 2.94 bits per heavy atom. The maximum atomic E-state index is 11.9. The van der Waals surface area contributed by atoms with E-state index in [2.05, 4.69) is 30.8 Å². The smallest absolute Gasteiger partial charge is 0.268 e. The zero-order chi connectivity index (χ0) is 12.5. The van der Waals surface area contributed by atoms with Gasteiger partial charge in [0, 0.05) is 0 Å². The van der Waals surface area contributed by atoms with Crippen molar-refractivity contribution in [3.8, 4) is 0 Å². The molecular weight excluding hydrogens is 314 g/mol. The van der Waals surface area contributed by atoms with Crippen LogP contribution in [0.2, 0.25) is 0 Å². The summed E-state index contributed by atoms with van der Waals surface area (Å²) in [6, 6.07) is 1.91. The van der Waals surface area contributed by atoms with E-state index in [4.69, 9.17) is 0 Å². The number of halogens is 1. The van der Waals surface area contributed by atoms with Crippen LogP contribution in [0.25, 0.3) is 10.2 Å². The molecule has 1 N–H and O–H groups in total. The van der Waals surface area contributed by atoms with Gasteiger partial charge in [-0.15, -0.1) is 11.3 Å². The van der Waals surface area contributed by atoms with Gasteiger partial charge in [0.1, 0.15) is 10.5 Å². The van der Waals surface area contributed by atoms with Crippen LogP contribution in [0.3, 0.4) is 0 Å². The molecule has 1 fully saturated rings. The normalized spacial score (nSPS) is 17.4. The van der Waals surface area contributed by atoms with E-state index < -0.39 is 0 Å². The molecule has 0 unspecified atom stereocenters. The standard InChI is InChI=1S/C12H14BrN3OS/c13-9-6-8-11(18-9)12(17)15-10(14-8)7-16-4-2-1-3-5-16/h6H,1-5,7H2,(H,14,15,17). The zero-order valence-electron chi connectivity index (χ0n) is 9.91. The number of piperidine rings is 1. The maximum absolute atomic E-state index is 11.9. The van der Waals surface area contributed by atoms with Crippen LogP contribution in [0.15, 0.2) is 14.6 Å². The third-order valence-electron chi connectivity index (χ3n) is 3.22. The van der Waals surface area contributed by atoms with Gasteiger partial charge in [-0.2, -0.15) is 0 Å². The molecular formula is C12H14BrN3OS. The number of likely N-dealkylation sites (tertiary alicyclic amines) is 1. The first-order valence-corrected chi connectivity index (χ1v) is 7.74. The molecule has 0 atom stereocenters. The van der Waals surface area contributed by atoms with Crippen molar-refractivity contribution in [2.75, 3.05) is 13.1 Å². The Kier molecular flexibility index (Phi) is 3.50. The van der Waals surface area contributed by atoms with E-state index in [0.717, 1.165) is 34.8 Å². The Hall–Kier alpha value is -0.720. The third-order valence-corrected chi connectivity index (χ3v) is 4.85. The van der Waals surface area contributed by atoms with Gasteiger partial charge in [-0.1, -0.05) is 6.42 Å². The number of aromatic nitrogens is 2. The van der Waals surface area contributed by atoms with Gasteiger partial charge in [0.15, 0.2) is 0 Å². The number of H-pyrrole nitrogens is 1. The molecule has 0 amide bonds. The second kappa shape index (κ2) is 5.11. The van der Waals surface area contributed by atoms with Crippen LogP contribution in [-0.4, -0.2) is 28.0 Å². The topological polar surface area (TPSA) is 49.0 Å². The van der Waals surface area contributed by atoms with Gasteiger partial charge in [0.05, 0.1) is 15.8 Å². The highest BCUT2D eigenvalue weighted by atomic mass is 79.9. The van der Waals surface area contributed by atoms with Crippen LogP contribution >= 0.6 is 27.3 Å². The fraction of sp³-hybridized carbons (Fsp3) is 0.500. The number of hydrogen-bond acceptors (Lipinski definition) is 4. The highest BCUT2D eigenvalue weighted by molar-refractivity contribution is 9.11. The van der Waals surface area contributed by atoms with Gasteiger partial charge in [0.2, 0.25) is 0 Å². The molecule has 1 aliphatic heterocycles. The van der Waals surface area contributed by atoms with Crippen LogP contribution in [0.1, 0.15) is 25.1 Å². The molecule has 3 heterocycles. The number of aromatic amines is 1. The summed E-state index contributed by atoms with van der Waals surface area (Å²) in [4.78, 5) is 21.7. The predicted molar refractivity (Wildman–Crippen MR) is 77.1 cm³/mol. The molecule has 96 valence electrons. The molecule has 6 heteroatoms. The van der Waals surface area contributed by atoms with Crippen LogP contribution < -0.4 is 5.56 Å². The molecule has 0 spiro atoms. The molecule has 1 aliphatic rings. The van der Waals surface area contributed by atoms with Crippen LogP contribution in [0.4, 0.5) is 0 Å².